The highest BCUT2D eigenvalue weighted by Gasteiger charge is 2.18. The Balaban J connectivity index is 1.40. The Hall–Kier alpha value is -4.00. The number of benzene rings is 2. The highest BCUT2D eigenvalue weighted by molar-refractivity contribution is 5.34. The molecule has 1 heterocycles. The van der Waals surface area contributed by atoms with Gasteiger partial charge in [-0.15, -0.1) is 0 Å². The molecule has 6 heteroatoms. The molecule has 0 amide bonds. The van der Waals surface area contributed by atoms with Crippen LogP contribution in [0.5, 0.6) is 11.5 Å². The summed E-state index contributed by atoms with van der Waals surface area (Å²) in [6.07, 6.45) is 18.6. The fraction of sp³-hybridized carbons (Fsp3) is 0.351. The molecule has 0 aromatic heterocycles. The standard InChI is InChI=1S/C37H46O6/c1-5-9-35(12-8-7-11-29(3)13-18-36(10-6-2)41-26-32-24-40-25-32)42-27-33(38)28-43-37-21-16-31(17-22-37)23-30-14-19-34(39-4)20-15-30/h5-10,12-22,32-33,38H,11,23-28H2,1-4H3/b8-7+,9-5-,10-6-,29-13+,35-12+,36-18+. The second-order valence-electron chi connectivity index (χ2n) is 10.4. The molecular formula is C37H46O6. The maximum atomic E-state index is 10.4. The first-order chi connectivity index (χ1) is 21.0. The second-order valence-corrected chi connectivity index (χ2v) is 10.4. The van der Waals surface area contributed by atoms with E-state index in [0.29, 0.717) is 24.0 Å². The topological polar surface area (TPSA) is 66.4 Å². The minimum atomic E-state index is -0.765. The summed E-state index contributed by atoms with van der Waals surface area (Å²) in [5.41, 5.74) is 3.60. The van der Waals surface area contributed by atoms with Crippen molar-refractivity contribution in [3.8, 4) is 11.5 Å². The smallest absolute Gasteiger partial charge is 0.122 e. The van der Waals surface area contributed by atoms with Gasteiger partial charge in [0.2, 0.25) is 0 Å². The van der Waals surface area contributed by atoms with Crippen LogP contribution in [0.4, 0.5) is 0 Å². The summed E-state index contributed by atoms with van der Waals surface area (Å²) in [4.78, 5) is 0. The Morgan fingerprint density at radius 1 is 0.860 bits per heavy atom. The van der Waals surface area contributed by atoms with Crippen molar-refractivity contribution in [2.75, 3.05) is 40.1 Å². The summed E-state index contributed by atoms with van der Waals surface area (Å²) in [5.74, 6) is 3.57. The lowest BCUT2D eigenvalue weighted by atomic mass is 10.0. The Kier molecular flexibility index (Phi) is 15.0. The molecule has 1 N–H and O–H groups in total. The summed E-state index contributed by atoms with van der Waals surface area (Å²) >= 11 is 0. The van der Waals surface area contributed by atoms with E-state index >= 15 is 0 Å². The van der Waals surface area contributed by atoms with Crippen LogP contribution in [0.25, 0.3) is 0 Å². The average Bonchev–Trinajstić information content (AvgIpc) is 3.00. The van der Waals surface area contributed by atoms with Crippen molar-refractivity contribution >= 4 is 0 Å². The summed E-state index contributed by atoms with van der Waals surface area (Å²) in [6.45, 7) is 8.52. The van der Waals surface area contributed by atoms with E-state index in [0.717, 1.165) is 37.6 Å². The number of methoxy groups -OCH3 is 1. The average molecular weight is 587 g/mol. The van der Waals surface area contributed by atoms with Crippen molar-refractivity contribution in [1.82, 2.24) is 0 Å². The number of allylic oxidation sites excluding steroid dienone is 10. The first-order valence-corrected chi connectivity index (χ1v) is 14.8. The molecule has 2 aromatic carbocycles. The van der Waals surface area contributed by atoms with Crippen LogP contribution >= 0.6 is 0 Å². The van der Waals surface area contributed by atoms with Gasteiger partial charge < -0.3 is 28.8 Å². The lowest BCUT2D eigenvalue weighted by Crippen LogP contribution is -2.31. The number of hydrogen-bond acceptors (Lipinski definition) is 6. The number of rotatable bonds is 18. The van der Waals surface area contributed by atoms with Crippen LogP contribution in [-0.2, 0) is 20.6 Å². The quantitative estimate of drug-likeness (QED) is 0.144. The molecule has 0 saturated carbocycles. The largest absolute Gasteiger partial charge is 0.497 e. The SMILES string of the molecule is C\C=C/C(=C\C=C\C/C(C)=C/C=C(\C=C/C)OCC1COC1)OCC(O)COc1ccc(Cc2ccc(OC)cc2)cc1. The van der Waals surface area contributed by atoms with Gasteiger partial charge in [-0.2, -0.15) is 0 Å². The van der Waals surface area contributed by atoms with Crippen molar-refractivity contribution in [1.29, 1.82) is 0 Å². The normalized spacial score (nSPS) is 15.7. The zero-order valence-corrected chi connectivity index (χ0v) is 25.9. The van der Waals surface area contributed by atoms with Crippen LogP contribution in [-0.4, -0.2) is 51.4 Å². The van der Waals surface area contributed by atoms with Gasteiger partial charge in [0.1, 0.15) is 42.3 Å². The lowest BCUT2D eigenvalue weighted by molar-refractivity contribution is -0.0601. The number of hydrogen-bond donors (Lipinski definition) is 1. The molecule has 0 aliphatic carbocycles. The Morgan fingerprint density at radius 2 is 1.49 bits per heavy atom. The number of ether oxygens (including phenoxy) is 5. The fourth-order valence-electron chi connectivity index (χ4n) is 4.05. The van der Waals surface area contributed by atoms with Crippen LogP contribution in [0.2, 0.25) is 0 Å². The van der Waals surface area contributed by atoms with Gasteiger partial charge in [-0.25, -0.2) is 0 Å². The van der Waals surface area contributed by atoms with Crippen molar-refractivity contribution in [3.05, 3.63) is 131 Å². The first-order valence-electron chi connectivity index (χ1n) is 14.8. The summed E-state index contributed by atoms with van der Waals surface area (Å²) in [7, 11) is 1.67. The van der Waals surface area contributed by atoms with Crippen LogP contribution in [0, 0.1) is 5.92 Å². The van der Waals surface area contributed by atoms with Gasteiger partial charge in [-0.1, -0.05) is 60.2 Å². The summed E-state index contributed by atoms with van der Waals surface area (Å²) < 4.78 is 28.0. The van der Waals surface area contributed by atoms with Crippen LogP contribution in [0.3, 0.4) is 0 Å². The molecule has 43 heavy (non-hydrogen) atoms. The zero-order chi connectivity index (χ0) is 30.7. The van der Waals surface area contributed by atoms with Gasteiger partial charge in [0.15, 0.2) is 0 Å². The van der Waals surface area contributed by atoms with Gasteiger partial charge >= 0.3 is 0 Å². The predicted octanol–water partition coefficient (Wildman–Crippen LogP) is 7.52. The van der Waals surface area contributed by atoms with Gasteiger partial charge in [0, 0.05) is 5.92 Å². The minimum absolute atomic E-state index is 0.129. The molecule has 6 nitrogen and oxygen atoms in total. The highest BCUT2D eigenvalue weighted by atomic mass is 16.5. The molecule has 0 bridgehead atoms. The molecule has 230 valence electrons. The van der Waals surface area contributed by atoms with Gasteiger partial charge in [0.05, 0.1) is 26.9 Å². The predicted molar refractivity (Wildman–Crippen MR) is 173 cm³/mol. The molecule has 0 spiro atoms. The molecular weight excluding hydrogens is 540 g/mol. The molecule has 1 fully saturated rings. The molecule has 0 radical (unpaired) electrons. The monoisotopic (exact) mass is 586 g/mol. The van der Waals surface area contributed by atoms with Gasteiger partial charge in [-0.05, 0) is 93.3 Å². The van der Waals surface area contributed by atoms with Gasteiger partial charge in [0.25, 0.3) is 0 Å². The molecule has 1 atom stereocenters. The molecule has 2 aromatic rings. The fourth-order valence-corrected chi connectivity index (χ4v) is 4.05. The second kappa shape index (κ2) is 19.2. The maximum absolute atomic E-state index is 10.4. The Labute approximate surface area is 257 Å². The summed E-state index contributed by atoms with van der Waals surface area (Å²) in [6, 6.07) is 16.0. The van der Waals surface area contributed by atoms with Crippen LogP contribution in [0.15, 0.2) is 120 Å². The highest BCUT2D eigenvalue weighted by Crippen LogP contribution is 2.18. The summed E-state index contributed by atoms with van der Waals surface area (Å²) in [5, 5.41) is 10.4. The Bertz CT molecular complexity index is 1260. The van der Waals surface area contributed by atoms with Crippen molar-refractivity contribution in [3.63, 3.8) is 0 Å². The zero-order valence-electron chi connectivity index (χ0n) is 25.9. The molecule has 3 rings (SSSR count). The third-order valence-electron chi connectivity index (χ3n) is 6.60. The third-order valence-corrected chi connectivity index (χ3v) is 6.60. The number of aliphatic hydroxyl groups is 1. The van der Waals surface area contributed by atoms with Gasteiger partial charge in [-0.3, -0.25) is 0 Å². The van der Waals surface area contributed by atoms with Crippen LogP contribution in [0.1, 0.15) is 38.3 Å². The first kappa shape index (κ1) is 33.5. The van der Waals surface area contributed by atoms with E-state index in [-0.39, 0.29) is 13.2 Å². The molecule has 1 aliphatic heterocycles. The lowest BCUT2D eigenvalue weighted by Gasteiger charge is -2.25. The van der Waals surface area contributed by atoms with Crippen molar-refractivity contribution in [2.24, 2.45) is 5.92 Å². The van der Waals surface area contributed by atoms with Crippen molar-refractivity contribution in [2.45, 2.75) is 39.7 Å². The van der Waals surface area contributed by atoms with E-state index in [2.05, 4.69) is 31.2 Å². The van der Waals surface area contributed by atoms with E-state index in [4.69, 9.17) is 23.7 Å². The van der Waals surface area contributed by atoms with E-state index in [1.165, 1.54) is 16.7 Å². The molecule has 1 aliphatic rings. The number of aliphatic hydroxyl groups excluding tert-OH is 1. The maximum Gasteiger partial charge on any atom is 0.122 e. The third kappa shape index (κ3) is 13.2. The van der Waals surface area contributed by atoms with E-state index < -0.39 is 6.10 Å². The van der Waals surface area contributed by atoms with Crippen LogP contribution < -0.4 is 9.47 Å². The van der Waals surface area contributed by atoms with E-state index in [1.54, 1.807) is 7.11 Å². The van der Waals surface area contributed by atoms with Crippen molar-refractivity contribution < 1.29 is 28.8 Å². The minimum Gasteiger partial charge on any atom is -0.497 e. The van der Waals surface area contributed by atoms with E-state index in [1.807, 2.05) is 92.8 Å². The Morgan fingerprint density at radius 3 is 2.07 bits per heavy atom. The molecule has 1 unspecified atom stereocenters. The van der Waals surface area contributed by atoms with E-state index in [9.17, 15) is 5.11 Å². The molecule has 1 saturated heterocycles.